The molecule has 2 aliphatic rings. The first kappa shape index (κ1) is 23.3. The van der Waals surface area contributed by atoms with E-state index in [4.69, 9.17) is 9.15 Å². The molecular weight excluding hydrogens is 420 g/mol. The number of benzene rings is 1. The maximum absolute atomic E-state index is 12.6. The molecule has 1 fully saturated rings. The molecule has 0 aliphatic heterocycles. The van der Waals surface area contributed by atoms with Gasteiger partial charge in [-0.25, -0.2) is 9.59 Å². The van der Waals surface area contributed by atoms with Crippen molar-refractivity contribution in [2.24, 2.45) is 22.7 Å². The van der Waals surface area contributed by atoms with Crippen LogP contribution in [0.2, 0.25) is 0 Å². The van der Waals surface area contributed by atoms with E-state index < -0.39 is 17.5 Å². The second-order valence-electron chi connectivity index (χ2n) is 10.00. The van der Waals surface area contributed by atoms with Gasteiger partial charge in [-0.05, 0) is 79.2 Å². The normalized spacial score (nSPS) is 31.4. The number of furan rings is 1. The Morgan fingerprint density at radius 3 is 2.61 bits per heavy atom. The molecule has 1 aromatic carbocycles. The molecule has 2 aliphatic carbocycles. The van der Waals surface area contributed by atoms with Crippen molar-refractivity contribution >= 4 is 11.9 Å². The second-order valence-corrected chi connectivity index (χ2v) is 10.00. The van der Waals surface area contributed by atoms with Crippen LogP contribution in [-0.2, 0) is 16.0 Å². The third-order valence-corrected chi connectivity index (χ3v) is 8.15. The predicted octanol–water partition coefficient (Wildman–Crippen LogP) is 4.88. The molecular formula is C27H32O6. The van der Waals surface area contributed by atoms with Crippen LogP contribution in [0.25, 0.3) is 0 Å². The quantitative estimate of drug-likeness (QED) is 0.581. The summed E-state index contributed by atoms with van der Waals surface area (Å²) in [6.07, 6.45) is 7.57. The minimum atomic E-state index is -0.965. The van der Waals surface area contributed by atoms with Crippen molar-refractivity contribution in [3.05, 3.63) is 71.7 Å². The van der Waals surface area contributed by atoms with E-state index in [0.29, 0.717) is 24.0 Å². The lowest BCUT2D eigenvalue weighted by Gasteiger charge is -2.58. The smallest absolute Gasteiger partial charge is 0.338 e. The first-order valence-electron chi connectivity index (χ1n) is 11.6. The third kappa shape index (κ3) is 4.49. The number of carbonyl (C=O) groups excluding carboxylic acids is 1. The molecule has 0 unspecified atom stereocenters. The fourth-order valence-corrected chi connectivity index (χ4v) is 6.18. The van der Waals surface area contributed by atoms with E-state index >= 15 is 0 Å². The lowest BCUT2D eigenvalue weighted by molar-refractivity contribution is -0.139. The fourth-order valence-electron chi connectivity index (χ4n) is 6.18. The highest BCUT2D eigenvalue weighted by atomic mass is 16.5. The van der Waals surface area contributed by atoms with Crippen LogP contribution < -0.4 is 0 Å². The van der Waals surface area contributed by atoms with Crippen LogP contribution in [0.4, 0.5) is 0 Å². The molecule has 6 nitrogen and oxygen atoms in total. The predicted molar refractivity (Wildman–Crippen MR) is 123 cm³/mol. The second kappa shape index (κ2) is 9.18. The number of aryl methyl sites for hydroxylation is 1. The van der Waals surface area contributed by atoms with E-state index in [1.54, 1.807) is 36.8 Å². The van der Waals surface area contributed by atoms with Gasteiger partial charge in [0.05, 0.1) is 30.8 Å². The maximum Gasteiger partial charge on any atom is 0.338 e. The van der Waals surface area contributed by atoms with E-state index in [0.717, 1.165) is 24.8 Å². The Morgan fingerprint density at radius 1 is 1.18 bits per heavy atom. The number of aliphatic hydroxyl groups excluding tert-OH is 1. The Labute approximate surface area is 194 Å². The molecule has 0 bridgehead atoms. The van der Waals surface area contributed by atoms with Crippen LogP contribution in [0.5, 0.6) is 0 Å². The summed E-state index contributed by atoms with van der Waals surface area (Å²) in [6.45, 7) is 4.46. The van der Waals surface area contributed by atoms with Gasteiger partial charge < -0.3 is 19.4 Å². The third-order valence-electron chi connectivity index (χ3n) is 8.15. The summed E-state index contributed by atoms with van der Waals surface area (Å²) in [6, 6.07) is 10.9. The zero-order valence-electron chi connectivity index (χ0n) is 19.2. The summed E-state index contributed by atoms with van der Waals surface area (Å²) in [5.41, 5.74) is 1.02. The molecule has 176 valence electrons. The van der Waals surface area contributed by atoms with E-state index in [2.05, 4.69) is 6.92 Å². The molecule has 0 amide bonds. The fraction of sp³-hybridized carbons (Fsp3) is 0.481. The Hall–Kier alpha value is -2.86. The van der Waals surface area contributed by atoms with Crippen molar-refractivity contribution < 1.29 is 29.0 Å². The van der Waals surface area contributed by atoms with Crippen molar-refractivity contribution in [2.45, 2.75) is 52.1 Å². The Balaban J connectivity index is 1.61. The maximum atomic E-state index is 12.6. The molecule has 2 aromatic rings. The van der Waals surface area contributed by atoms with Gasteiger partial charge in [0.25, 0.3) is 0 Å². The lowest BCUT2D eigenvalue weighted by Crippen LogP contribution is -2.54. The standard InChI is InChI=1S/C27H32O6/c1-26(11-8-18-10-13-32-16-18)20(17-33-25(31)19-6-4-3-5-7-19)9-12-27(2)22(24(29)30)14-21(28)15-23(26)27/h3-7,10,13-14,16,20-21,23,28H,8-9,11-12,15,17H2,1-2H3,(H,29,30)/t20-,21-,23+,26-,27-/m0/s1. The van der Waals surface area contributed by atoms with Gasteiger partial charge in [0.15, 0.2) is 0 Å². The summed E-state index contributed by atoms with van der Waals surface area (Å²) in [5, 5.41) is 20.5. The van der Waals surface area contributed by atoms with Crippen LogP contribution in [0, 0.1) is 22.7 Å². The molecule has 1 saturated carbocycles. The number of aliphatic hydroxyl groups is 1. The number of fused-ring (bicyclic) bond motifs is 1. The molecule has 33 heavy (non-hydrogen) atoms. The van der Waals surface area contributed by atoms with Gasteiger partial charge in [-0.1, -0.05) is 32.0 Å². The molecule has 0 saturated heterocycles. The van der Waals surface area contributed by atoms with Gasteiger partial charge in [-0.2, -0.15) is 0 Å². The van der Waals surface area contributed by atoms with Crippen LogP contribution in [0.15, 0.2) is 65.0 Å². The number of carboxylic acid groups (broad SMARTS) is 1. The number of carbonyl (C=O) groups is 2. The minimum absolute atomic E-state index is 0.0514. The van der Waals surface area contributed by atoms with Crippen LogP contribution in [-0.4, -0.2) is 34.9 Å². The highest BCUT2D eigenvalue weighted by molar-refractivity contribution is 5.89. The first-order chi connectivity index (χ1) is 15.7. The summed E-state index contributed by atoms with van der Waals surface area (Å²) in [5.74, 6) is -1.32. The minimum Gasteiger partial charge on any atom is -0.478 e. The molecule has 2 N–H and O–H groups in total. The molecule has 0 spiro atoms. The number of ether oxygens (including phenoxy) is 1. The van der Waals surface area contributed by atoms with Gasteiger partial charge >= 0.3 is 11.9 Å². The number of hydrogen-bond donors (Lipinski definition) is 2. The van der Waals surface area contributed by atoms with Crippen molar-refractivity contribution in [2.75, 3.05) is 6.61 Å². The Bertz CT molecular complexity index is 1010. The zero-order chi connectivity index (χ0) is 23.6. The van der Waals surface area contributed by atoms with Crippen LogP contribution >= 0.6 is 0 Å². The average Bonchev–Trinajstić information content (AvgIpc) is 3.32. The molecule has 5 atom stereocenters. The Kier molecular flexibility index (Phi) is 6.48. The number of rotatable bonds is 7. The highest BCUT2D eigenvalue weighted by Gasteiger charge is 2.57. The number of carboxylic acids is 1. The molecule has 6 heteroatoms. The summed E-state index contributed by atoms with van der Waals surface area (Å²) >= 11 is 0. The lowest BCUT2D eigenvalue weighted by atomic mass is 9.46. The number of esters is 1. The Morgan fingerprint density at radius 2 is 1.94 bits per heavy atom. The monoisotopic (exact) mass is 452 g/mol. The molecule has 4 rings (SSSR count). The summed E-state index contributed by atoms with van der Waals surface area (Å²) in [4.78, 5) is 24.7. The number of hydrogen-bond acceptors (Lipinski definition) is 5. The van der Waals surface area contributed by atoms with Crippen molar-refractivity contribution in [1.82, 2.24) is 0 Å². The molecule has 1 heterocycles. The topological polar surface area (TPSA) is 97.0 Å². The molecule has 1 aromatic heterocycles. The summed E-state index contributed by atoms with van der Waals surface area (Å²) < 4.78 is 11.0. The average molecular weight is 453 g/mol. The van der Waals surface area contributed by atoms with Crippen LogP contribution in [0.3, 0.4) is 0 Å². The zero-order valence-corrected chi connectivity index (χ0v) is 19.2. The first-order valence-corrected chi connectivity index (χ1v) is 11.6. The van der Waals surface area contributed by atoms with Gasteiger partial charge in [0.1, 0.15) is 0 Å². The van der Waals surface area contributed by atoms with Gasteiger partial charge in [0.2, 0.25) is 0 Å². The van der Waals surface area contributed by atoms with Crippen LogP contribution in [0.1, 0.15) is 55.5 Å². The highest BCUT2D eigenvalue weighted by Crippen LogP contribution is 2.62. The van der Waals surface area contributed by atoms with Crippen molar-refractivity contribution in [3.63, 3.8) is 0 Å². The van der Waals surface area contributed by atoms with Crippen molar-refractivity contribution in [1.29, 1.82) is 0 Å². The van der Waals surface area contributed by atoms with Gasteiger partial charge in [-0.3, -0.25) is 0 Å². The van der Waals surface area contributed by atoms with E-state index in [9.17, 15) is 19.8 Å². The van der Waals surface area contributed by atoms with Gasteiger partial charge in [-0.15, -0.1) is 0 Å². The van der Waals surface area contributed by atoms with E-state index in [1.165, 1.54) is 6.08 Å². The van der Waals surface area contributed by atoms with E-state index in [1.807, 2.05) is 19.1 Å². The largest absolute Gasteiger partial charge is 0.478 e. The van der Waals surface area contributed by atoms with Gasteiger partial charge in [0, 0.05) is 11.0 Å². The van der Waals surface area contributed by atoms with Crippen molar-refractivity contribution in [3.8, 4) is 0 Å². The number of aliphatic carboxylic acids is 1. The molecule has 0 radical (unpaired) electrons. The van der Waals surface area contributed by atoms with E-state index in [-0.39, 0.29) is 29.8 Å². The SMILES string of the molecule is C[C@]1(CCc2ccoc2)[C@H](COC(=O)c2ccccc2)CC[C@@]2(C)C(C(=O)O)=C[C@H](O)C[C@H]12. The summed E-state index contributed by atoms with van der Waals surface area (Å²) in [7, 11) is 0.